The van der Waals surface area contributed by atoms with Crippen LogP contribution >= 0.6 is 0 Å². The minimum atomic E-state index is -0.416. The summed E-state index contributed by atoms with van der Waals surface area (Å²) in [6.07, 6.45) is 5.08. The molecule has 3 nitrogen and oxygen atoms in total. The number of hydrogen-bond donors (Lipinski definition) is 1. The van der Waals surface area contributed by atoms with Crippen LogP contribution in [-0.2, 0) is 0 Å². The number of rotatable bonds is 8. The van der Waals surface area contributed by atoms with Crippen molar-refractivity contribution in [2.45, 2.75) is 77.9 Å². The van der Waals surface area contributed by atoms with E-state index in [4.69, 9.17) is 0 Å². The average Bonchev–Trinajstić information content (AvgIpc) is 2.26. The van der Waals surface area contributed by atoms with Gasteiger partial charge in [0.25, 0.3) is 0 Å². The molecule has 0 aromatic heterocycles. The fourth-order valence-electron chi connectivity index (χ4n) is 3.12. The highest BCUT2D eigenvalue weighted by Crippen LogP contribution is 2.28. The van der Waals surface area contributed by atoms with Gasteiger partial charge in [-0.25, -0.2) is 0 Å². The Bertz CT molecular complexity index is 304. The summed E-state index contributed by atoms with van der Waals surface area (Å²) in [5.74, 6) is 0.897. The molecule has 2 unspecified atom stereocenters. The third kappa shape index (κ3) is 5.12. The van der Waals surface area contributed by atoms with E-state index in [0.29, 0.717) is 12.1 Å². The van der Waals surface area contributed by atoms with E-state index in [1.807, 2.05) is 6.92 Å². The topological polar surface area (TPSA) is 39.1 Å². The third-order valence-corrected chi connectivity index (χ3v) is 4.30. The Balaban J connectivity index is 2.53. The van der Waals surface area contributed by atoms with Gasteiger partial charge in [0.15, 0.2) is 0 Å². The summed E-state index contributed by atoms with van der Waals surface area (Å²) in [7, 11) is 0. The maximum absolute atomic E-state index is 9.45. The average molecular weight is 265 g/mol. The molecule has 0 bridgehead atoms. The van der Waals surface area contributed by atoms with E-state index in [0.717, 1.165) is 18.9 Å². The van der Waals surface area contributed by atoms with Gasteiger partial charge in [0.1, 0.15) is 5.54 Å². The molecule has 19 heavy (non-hydrogen) atoms. The Morgan fingerprint density at radius 1 is 1.37 bits per heavy atom. The highest BCUT2D eigenvalue weighted by atomic mass is 15.2. The normalized spacial score (nSPS) is 20.9. The van der Waals surface area contributed by atoms with Gasteiger partial charge in [-0.2, -0.15) is 5.26 Å². The molecule has 0 spiro atoms. The summed E-state index contributed by atoms with van der Waals surface area (Å²) in [6, 6.07) is 3.27. The van der Waals surface area contributed by atoms with Crippen molar-refractivity contribution in [1.29, 1.82) is 5.26 Å². The lowest BCUT2D eigenvalue weighted by Gasteiger charge is -2.38. The molecule has 1 rings (SSSR count). The van der Waals surface area contributed by atoms with Crippen molar-refractivity contribution in [3.05, 3.63) is 0 Å². The monoisotopic (exact) mass is 265 g/mol. The lowest BCUT2D eigenvalue weighted by molar-refractivity contribution is 0.127. The molecule has 0 radical (unpaired) electrons. The van der Waals surface area contributed by atoms with Gasteiger partial charge in [0.2, 0.25) is 0 Å². The van der Waals surface area contributed by atoms with Crippen molar-refractivity contribution < 1.29 is 0 Å². The molecule has 0 heterocycles. The molecular formula is C16H31N3. The number of hydrogen-bond acceptors (Lipinski definition) is 3. The van der Waals surface area contributed by atoms with Gasteiger partial charge in [0, 0.05) is 18.6 Å². The summed E-state index contributed by atoms with van der Waals surface area (Å²) in [4.78, 5) is 2.54. The van der Waals surface area contributed by atoms with Crippen molar-refractivity contribution in [1.82, 2.24) is 10.2 Å². The lowest BCUT2D eigenvalue weighted by atomic mass is 9.84. The highest BCUT2D eigenvalue weighted by Gasteiger charge is 2.30. The molecule has 1 aliphatic carbocycles. The van der Waals surface area contributed by atoms with Crippen LogP contribution in [-0.4, -0.2) is 35.6 Å². The van der Waals surface area contributed by atoms with E-state index in [1.165, 1.54) is 25.8 Å². The predicted molar refractivity (Wildman–Crippen MR) is 81.0 cm³/mol. The first-order valence-electron chi connectivity index (χ1n) is 7.83. The van der Waals surface area contributed by atoms with E-state index < -0.39 is 5.54 Å². The minimum Gasteiger partial charge on any atom is -0.301 e. The van der Waals surface area contributed by atoms with E-state index in [9.17, 15) is 5.26 Å². The number of nitrogens with zero attached hydrogens (tertiary/aromatic N) is 2. The molecule has 2 atom stereocenters. The Hall–Kier alpha value is -0.590. The fraction of sp³-hybridized carbons (Fsp3) is 0.938. The molecule has 0 aromatic carbocycles. The van der Waals surface area contributed by atoms with Crippen LogP contribution in [0.5, 0.6) is 0 Å². The molecule has 1 N–H and O–H groups in total. The second kappa shape index (κ2) is 7.26. The zero-order valence-corrected chi connectivity index (χ0v) is 13.4. The van der Waals surface area contributed by atoms with Crippen molar-refractivity contribution in [3.63, 3.8) is 0 Å². The fourth-order valence-corrected chi connectivity index (χ4v) is 3.12. The molecule has 1 fully saturated rings. The summed E-state index contributed by atoms with van der Waals surface area (Å²) in [6.45, 7) is 13.0. The van der Waals surface area contributed by atoms with Gasteiger partial charge >= 0.3 is 0 Å². The Morgan fingerprint density at radius 3 is 2.37 bits per heavy atom. The molecule has 1 aliphatic rings. The molecule has 0 aromatic rings. The first kappa shape index (κ1) is 16.5. The SMILES string of the molecule is CCN(CC1CCC1)C(C)CC(C)(C#N)NC(C)C. The summed E-state index contributed by atoms with van der Waals surface area (Å²) < 4.78 is 0. The van der Waals surface area contributed by atoms with E-state index in [-0.39, 0.29) is 0 Å². The minimum absolute atomic E-state index is 0.346. The van der Waals surface area contributed by atoms with Crippen LogP contribution in [0, 0.1) is 17.2 Å². The second-order valence-electron chi connectivity index (χ2n) is 6.68. The summed E-state index contributed by atoms with van der Waals surface area (Å²) in [5.41, 5.74) is -0.416. The maximum atomic E-state index is 9.45. The van der Waals surface area contributed by atoms with Crippen molar-refractivity contribution >= 4 is 0 Å². The standard InChI is InChI=1S/C16H31N3/c1-6-19(11-15-8-7-9-15)14(4)10-16(5,12-17)18-13(2)3/h13-15,18H,6-11H2,1-5H3. The van der Waals surface area contributed by atoms with E-state index >= 15 is 0 Å². The number of nitriles is 1. The molecular weight excluding hydrogens is 234 g/mol. The predicted octanol–water partition coefficient (Wildman–Crippen LogP) is 3.17. The first-order chi connectivity index (χ1) is 8.90. The van der Waals surface area contributed by atoms with E-state index in [1.54, 1.807) is 0 Å². The Kier molecular flexibility index (Phi) is 6.29. The van der Waals surface area contributed by atoms with Gasteiger partial charge in [-0.3, -0.25) is 5.32 Å². The Labute approximate surface area is 119 Å². The van der Waals surface area contributed by atoms with Crippen LogP contribution in [0.4, 0.5) is 0 Å². The molecule has 110 valence electrons. The van der Waals surface area contributed by atoms with Crippen molar-refractivity contribution in [3.8, 4) is 6.07 Å². The highest BCUT2D eigenvalue weighted by molar-refractivity contribution is 5.06. The second-order valence-corrected chi connectivity index (χ2v) is 6.68. The largest absolute Gasteiger partial charge is 0.301 e. The zero-order chi connectivity index (χ0) is 14.5. The first-order valence-corrected chi connectivity index (χ1v) is 7.83. The van der Waals surface area contributed by atoms with Crippen molar-refractivity contribution in [2.75, 3.05) is 13.1 Å². The van der Waals surface area contributed by atoms with Gasteiger partial charge < -0.3 is 4.90 Å². The molecule has 0 aliphatic heterocycles. The van der Waals surface area contributed by atoms with E-state index in [2.05, 4.69) is 44.0 Å². The smallest absolute Gasteiger partial charge is 0.105 e. The van der Waals surface area contributed by atoms with Gasteiger partial charge in [-0.15, -0.1) is 0 Å². The van der Waals surface area contributed by atoms with Crippen molar-refractivity contribution in [2.24, 2.45) is 5.92 Å². The van der Waals surface area contributed by atoms with Crippen LogP contribution in [0.25, 0.3) is 0 Å². The van der Waals surface area contributed by atoms with Crippen LogP contribution in [0.2, 0.25) is 0 Å². The van der Waals surface area contributed by atoms with Gasteiger partial charge in [0.05, 0.1) is 6.07 Å². The lowest BCUT2D eigenvalue weighted by Crippen LogP contribution is -2.50. The Morgan fingerprint density at radius 2 is 2.00 bits per heavy atom. The molecule has 0 saturated heterocycles. The summed E-state index contributed by atoms with van der Waals surface area (Å²) in [5, 5.41) is 12.9. The number of nitrogens with one attached hydrogen (secondary N) is 1. The van der Waals surface area contributed by atoms with Crippen LogP contribution in [0.3, 0.4) is 0 Å². The molecule has 1 saturated carbocycles. The third-order valence-electron chi connectivity index (χ3n) is 4.30. The molecule has 0 amide bonds. The van der Waals surface area contributed by atoms with Crippen LogP contribution in [0.15, 0.2) is 0 Å². The zero-order valence-electron chi connectivity index (χ0n) is 13.4. The van der Waals surface area contributed by atoms with Crippen LogP contribution in [0.1, 0.15) is 60.3 Å². The van der Waals surface area contributed by atoms with Gasteiger partial charge in [-0.1, -0.05) is 13.3 Å². The molecule has 3 heteroatoms. The quantitative estimate of drug-likeness (QED) is 0.732. The van der Waals surface area contributed by atoms with Gasteiger partial charge in [-0.05, 0) is 59.4 Å². The van der Waals surface area contributed by atoms with Crippen LogP contribution < -0.4 is 5.32 Å². The maximum Gasteiger partial charge on any atom is 0.105 e. The summed E-state index contributed by atoms with van der Waals surface area (Å²) >= 11 is 0.